The fourth-order valence-corrected chi connectivity index (χ4v) is 2.44. The Morgan fingerprint density at radius 3 is 2.35 bits per heavy atom. The molecule has 0 saturated heterocycles. The Morgan fingerprint density at radius 1 is 0.900 bits per heavy atom. The molecule has 2 rings (SSSR count). The zero-order valence-electron chi connectivity index (χ0n) is 12.7. The van der Waals surface area contributed by atoms with E-state index < -0.39 is 0 Å². The fraction of sp³-hybridized carbons (Fsp3) is 0.529. The average Bonchev–Trinajstić information content (AvgIpc) is 2.92. The topological polar surface area (TPSA) is 41.6 Å². The lowest BCUT2D eigenvalue weighted by Gasteiger charge is -2.02. The summed E-state index contributed by atoms with van der Waals surface area (Å²) in [6.07, 6.45) is 8.88. The zero-order valence-corrected chi connectivity index (χ0v) is 12.7. The summed E-state index contributed by atoms with van der Waals surface area (Å²) < 4.78 is 0. The van der Waals surface area contributed by atoms with Crippen LogP contribution in [0.15, 0.2) is 24.3 Å². The Morgan fingerprint density at radius 2 is 1.60 bits per heavy atom. The molecule has 1 heterocycles. The van der Waals surface area contributed by atoms with Crippen molar-refractivity contribution in [2.45, 2.75) is 58.8 Å². The van der Waals surface area contributed by atoms with Crippen molar-refractivity contribution in [2.75, 3.05) is 0 Å². The standard InChI is InChI=1S/C17H25N3/c1-3-4-5-6-7-8-9-16-17(19-20-18-16)15-12-10-14(2)11-13-15/h10-13H,3-9H2,1-2H3,(H,18,19,20). The minimum atomic E-state index is 1.01. The maximum Gasteiger partial charge on any atom is 0.115 e. The van der Waals surface area contributed by atoms with E-state index in [1.165, 1.54) is 44.1 Å². The van der Waals surface area contributed by atoms with Crippen molar-refractivity contribution >= 4 is 0 Å². The predicted octanol–water partition coefficient (Wildman–Crippen LogP) is 4.68. The highest BCUT2D eigenvalue weighted by Gasteiger charge is 2.09. The van der Waals surface area contributed by atoms with E-state index in [1.54, 1.807) is 0 Å². The van der Waals surface area contributed by atoms with E-state index in [9.17, 15) is 0 Å². The molecule has 0 fully saturated rings. The quantitative estimate of drug-likeness (QED) is 0.708. The molecule has 0 atom stereocenters. The predicted molar refractivity (Wildman–Crippen MR) is 83.6 cm³/mol. The van der Waals surface area contributed by atoms with Gasteiger partial charge in [0.15, 0.2) is 0 Å². The molecule has 1 aromatic carbocycles. The first-order valence-electron chi connectivity index (χ1n) is 7.78. The Kier molecular flexibility index (Phi) is 5.78. The van der Waals surface area contributed by atoms with Crippen LogP contribution in [-0.4, -0.2) is 15.4 Å². The van der Waals surface area contributed by atoms with Crippen molar-refractivity contribution in [3.8, 4) is 11.3 Å². The number of nitrogens with zero attached hydrogens (tertiary/aromatic N) is 2. The average molecular weight is 271 g/mol. The van der Waals surface area contributed by atoms with Gasteiger partial charge in [0.2, 0.25) is 0 Å². The molecule has 1 N–H and O–H groups in total. The first-order chi connectivity index (χ1) is 9.81. The van der Waals surface area contributed by atoms with Crippen LogP contribution in [0.3, 0.4) is 0 Å². The molecule has 1 aromatic heterocycles. The summed E-state index contributed by atoms with van der Waals surface area (Å²) in [4.78, 5) is 0. The third-order valence-corrected chi connectivity index (χ3v) is 3.71. The fourth-order valence-electron chi connectivity index (χ4n) is 2.44. The zero-order chi connectivity index (χ0) is 14.2. The van der Waals surface area contributed by atoms with Gasteiger partial charge in [-0.3, -0.25) is 0 Å². The number of nitrogens with one attached hydrogen (secondary N) is 1. The molecule has 0 saturated carbocycles. The van der Waals surface area contributed by atoms with Gasteiger partial charge in [0.1, 0.15) is 5.69 Å². The molecule has 108 valence electrons. The molecule has 3 heteroatoms. The van der Waals surface area contributed by atoms with Crippen LogP contribution in [0, 0.1) is 6.92 Å². The lowest BCUT2D eigenvalue weighted by Crippen LogP contribution is -1.91. The van der Waals surface area contributed by atoms with Gasteiger partial charge >= 0.3 is 0 Å². The third kappa shape index (κ3) is 4.19. The lowest BCUT2D eigenvalue weighted by atomic mass is 10.0. The summed E-state index contributed by atoms with van der Waals surface area (Å²) in [7, 11) is 0. The van der Waals surface area contributed by atoms with Gasteiger partial charge in [0.25, 0.3) is 0 Å². The SMILES string of the molecule is CCCCCCCCc1n[nH]nc1-c1ccc(C)cc1. The summed E-state index contributed by atoms with van der Waals surface area (Å²) in [5.41, 5.74) is 4.54. The van der Waals surface area contributed by atoms with Crippen molar-refractivity contribution < 1.29 is 0 Å². The van der Waals surface area contributed by atoms with Crippen molar-refractivity contribution in [1.29, 1.82) is 0 Å². The van der Waals surface area contributed by atoms with Gasteiger partial charge in [-0.05, 0) is 19.8 Å². The second-order valence-corrected chi connectivity index (χ2v) is 5.50. The number of aromatic nitrogens is 3. The number of aryl methyl sites for hydroxylation is 2. The summed E-state index contributed by atoms with van der Waals surface area (Å²) in [6.45, 7) is 4.35. The number of unbranched alkanes of at least 4 members (excludes halogenated alkanes) is 5. The second-order valence-electron chi connectivity index (χ2n) is 5.50. The van der Waals surface area contributed by atoms with Gasteiger partial charge in [0, 0.05) is 5.56 Å². The highest BCUT2D eigenvalue weighted by molar-refractivity contribution is 5.61. The van der Waals surface area contributed by atoms with Crippen molar-refractivity contribution in [2.24, 2.45) is 0 Å². The van der Waals surface area contributed by atoms with Gasteiger partial charge in [-0.2, -0.15) is 15.4 Å². The van der Waals surface area contributed by atoms with E-state index >= 15 is 0 Å². The largest absolute Gasteiger partial charge is 0.197 e. The normalized spacial score (nSPS) is 10.9. The van der Waals surface area contributed by atoms with E-state index in [-0.39, 0.29) is 0 Å². The molecule has 0 aliphatic carbocycles. The smallest absolute Gasteiger partial charge is 0.115 e. The van der Waals surface area contributed by atoms with Crippen LogP contribution >= 0.6 is 0 Å². The summed E-state index contributed by atoms with van der Waals surface area (Å²) >= 11 is 0. The first-order valence-corrected chi connectivity index (χ1v) is 7.78. The highest BCUT2D eigenvalue weighted by atomic mass is 15.3. The minimum absolute atomic E-state index is 1.01. The highest BCUT2D eigenvalue weighted by Crippen LogP contribution is 2.21. The van der Waals surface area contributed by atoms with Crippen molar-refractivity contribution in [3.63, 3.8) is 0 Å². The van der Waals surface area contributed by atoms with Gasteiger partial charge in [0.05, 0.1) is 5.69 Å². The number of aromatic amines is 1. The summed E-state index contributed by atoms with van der Waals surface area (Å²) in [5.74, 6) is 0. The number of rotatable bonds is 8. The molecule has 20 heavy (non-hydrogen) atoms. The van der Waals surface area contributed by atoms with Crippen molar-refractivity contribution in [3.05, 3.63) is 35.5 Å². The minimum Gasteiger partial charge on any atom is -0.197 e. The van der Waals surface area contributed by atoms with Gasteiger partial charge in [-0.1, -0.05) is 68.9 Å². The molecule has 0 spiro atoms. The van der Waals surface area contributed by atoms with E-state index in [4.69, 9.17) is 0 Å². The second kappa shape index (κ2) is 7.83. The van der Waals surface area contributed by atoms with E-state index in [1.807, 2.05) is 0 Å². The van der Waals surface area contributed by atoms with E-state index in [0.29, 0.717) is 0 Å². The van der Waals surface area contributed by atoms with Crippen LogP contribution in [0.1, 0.15) is 56.7 Å². The van der Waals surface area contributed by atoms with Crippen molar-refractivity contribution in [1.82, 2.24) is 15.4 Å². The molecule has 3 nitrogen and oxygen atoms in total. The van der Waals surface area contributed by atoms with Crippen LogP contribution in [-0.2, 0) is 6.42 Å². The molecule has 0 radical (unpaired) electrons. The lowest BCUT2D eigenvalue weighted by molar-refractivity contribution is 0.604. The Balaban J connectivity index is 1.87. The number of hydrogen-bond acceptors (Lipinski definition) is 2. The van der Waals surface area contributed by atoms with Gasteiger partial charge in [-0.25, -0.2) is 0 Å². The van der Waals surface area contributed by atoms with Crippen LogP contribution in [0.4, 0.5) is 0 Å². The molecular weight excluding hydrogens is 246 g/mol. The molecule has 0 unspecified atom stereocenters. The monoisotopic (exact) mass is 271 g/mol. The Hall–Kier alpha value is -1.64. The molecule has 0 aliphatic heterocycles. The van der Waals surface area contributed by atoms with Gasteiger partial charge in [-0.15, -0.1) is 0 Å². The molecule has 0 bridgehead atoms. The number of H-pyrrole nitrogens is 1. The molecule has 2 aromatic rings. The maximum atomic E-state index is 4.31. The molecule has 0 amide bonds. The first kappa shape index (κ1) is 14.8. The van der Waals surface area contributed by atoms with Crippen LogP contribution < -0.4 is 0 Å². The van der Waals surface area contributed by atoms with Crippen LogP contribution in [0.2, 0.25) is 0 Å². The van der Waals surface area contributed by atoms with E-state index in [2.05, 4.69) is 53.5 Å². The van der Waals surface area contributed by atoms with Crippen LogP contribution in [0.25, 0.3) is 11.3 Å². The maximum absolute atomic E-state index is 4.31. The number of hydrogen-bond donors (Lipinski definition) is 1. The molecule has 0 aliphatic rings. The third-order valence-electron chi connectivity index (χ3n) is 3.71. The Bertz CT molecular complexity index is 499. The van der Waals surface area contributed by atoms with Gasteiger partial charge < -0.3 is 0 Å². The summed E-state index contributed by atoms with van der Waals surface area (Å²) in [6, 6.07) is 8.49. The van der Waals surface area contributed by atoms with E-state index in [0.717, 1.165) is 23.4 Å². The molecular formula is C17H25N3. The van der Waals surface area contributed by atoms with Crippen LogP contribution in [0.5, 0.6) is 0 Å². The Labute approximate surface area is 121 Å². The number of benzene rings is 1. The summed E-state index contributed by atoms with van der Waals surface area (Å²) in [5, 5.41) is 11.4.